The van der Waals surface area contributed by atoms with E-state index in [1.807, 2.05) is 0 Å². The molecule has 2 saturated carbocycles. The molecule has 1 aliphatic heterocycles. The minimum atomic E-state index is 0.300. The lowest BCUT2D eigenvalue weighted by Crippen LogP contribution is -2.19. The molecular weight excluding hydrogens is 184 g/mol. The predicted molar refractivity (Wildman–Crippen MR) is 57.3 cm³/mol. The Bertz CT molecular complexity index is 428. The molecule has 4 rings (SSSR count). The van der Waals surface area contributed by atoms with Gasteiger partial charge in [-0.25, -0.2) is 0 Å². The van der Waals surface area contributed by atoms with Gasteiger partial charge in [0.15, 0.2) is 0 Å². The largest absolute Gasteiger partial charge is 0.293 e. The van der Waals surface area contributed by atoms with Crippen LogP contribution in [0.1, 0.15) is 19.3 Å². The summed E-state index contributed by atoms with van der Waals surface area (Å²) in [5.74, 6) is 2.39. The van der Waals surface area contributed by atoms with Crippen molar-refractivity contribution in [1.29, 1.82) is 5.26 Å². The summed E-state index contributed by atoms with van der Waals surface area (Å²) >= 11 is 0. The zero-order chi connectivity index (χ0) is 10.0. The van der Waals surface area contributed by atoms with Gasteiger partial charge in [-0.15, -0.1) is 0 Å². The highest BCUT2D eigenvalue weighted by Crippen LogP contribution is 2.76. The van der Waals surface area contributed by atoms with E-state index in [1.165, 1.54) is 18.6 Å². The third-order valence-corrected chi connectivity index (χ3v) is 5.01. The molecule has 0 bridgehead atoms. The molecule has 2 heteroatoms. The summed E-state index contributed by atoms with van der Waals surface area (Å²) in [7, 11) is 0. The Hall–Kier alpha value is -1.10. The van der Waals surface area contributed by atoms with E-state index in [2.05, 4.69) is 23.2 Å². The van der Waals surface area contributed by atoms with Gasteiger partial charge in [0.05, 0.1) is 12.0 Å². The van der Waals surface area contributed by atoms with E-state index in [4.69, 9.17) is 5.26 Å². The van der Waals surface area contributed by atoms with E-state index in [1.54, 1.807) is 0 Å². The van der Waals surface area contributed by atoms with Crippen molar-refractivity contribution in [2.45, 2.75) is 19.3 Å². The molecule has 0 radical (unpaired) electrons. The Morgan fingerprint density at radius 1 is 1.53 bits per heavy atom. The highest BCUT2D eigenvalue weighted by molar-refractivity contribution is 5.97. The molecular formula is C13H14N2. The van der Waals surface area contributed by atoms with Crippen molar-refractivity contribution >= 4 is 5.71 Å². The van der Waals surface area contributed by atoms with Crippen LogP contribution in [0.4, 0.5) is 0 Å². The number of hydrogen-bond acceptors (Lipinski definition) is 2. The first-order valence-electron chi connectivity index (χ1n) is 6.00. The van der Waals surface area contributed by atoms with Gasteiger partial charge in [0.2, 0.25) is 0 Å². The van der Waals surface area contributed by atoms with Crippen molar-refractivity contribution in [1.82, 2.24) is 0 Å². The summed E-state index contributed by atoms with van der Waals surface area (Å²) in [4.78, 5) is 4.68. The van der Waals surface area contributed by atoms with Gasteiger partial charge < -0.3 is 0 Å². The molecule has 0 aromatic rings. The van der Waals surface area contributed by atoms with Crippen molar-refractivity contribution in [3.63, 3.8) is 0 Å². The number of rotatable bonds is 1. The van der Waals surface area contributed by atoms with E-state index in [0.29, 0.717) is 17.3 Å². The Labute approximate surface area is 89.7 Å². The van der Waals surface area contributed by atoms with Gasteiger partial charge in [-0.05, 0) is 37.0 Å². The molecule has 0 amide bonds. The summed E-state index contributed by atoms with van der Waals surface area (Å²) < 4.78 is 0. The van der Waals surface area contributed by atoms with E-state index < -0.39 is 0 Å². The van der Waals surface area contributed by atoms with Crippen LogP contribution in [0, 0.1) is 40.4 Å². The van der Waals surface area contributed by atoms with Gasteiger partial charge in [-0.3, -0.25) is 4.99 Å². The van der Waals surface area contributed by atoms with Gasteiger partial charge in [0, 0.05) is 17.7 Å². The Morgan fingerprint density at radius 2 is 2.47 bits per heavy atom. The SMILES string of the molecule is N#C[C@@H]1C[C@H]2[C@H]3[C@@H]1C=C[C@]32C1=NCCC1. The average Bonchev–Trinajstić information content (AvgIpc) is 2.76. The average molecular weight is 198 g/mol. The Balaban J connectivity index is 1.71. The van der Waals surface area contributed by atoms with Gasteiger partial charge in [0.1, 0.15) is 0 Å². The molecule has 4 aliphatic rings. The maximum atomic E-state index is 9.06. The maximum Gasteiger partial charge on any atom is 0.0662 e. The maximum absolute atomic E-state index is 9.06. The van der Waals surface area contributed by atoms with Gasteiger partial charge in [0.25, 0.3) is 0 Å². The van der Waals surface area contributed by atoms with Crippen LogP contribution < -0.4 is 0 Å². The van der Waals surface area contributed by atoms with Crippen molar-refractivity contribution < 1.29 is 0 Å². The molecule has 0 aromatic heterocycles. The quantitative estimate of drug-likeness (QED) is 0.595. The minimum Gasteiger partial charge on any atom is -0.293 e. The van der Waals surface area contributed by atoms with Gasteiger partial charge >= 0.3 is 0 Å². The molecule has 3 aliphatic carbocycles. The lowest BCUT2D eigenvalue weighted by molar-refractivity contribution is 0.460. The second-order valence-electron chi connectivity index (χ2n) is 5.41. The monoisotopic (exact) mass is 198 g/mol. The summed E-state index contributed by atoms with van der Waals surface area (Å²) in [5, 5.41) is 9.06. The number of aliphatic imine (C=N–C) groups is 1. The van der Waals surface area contributed by atoms with Crippen LogP contribution in [0.3, 0.4) is 0 Å². The zero-order valence-corrected chi connectivity index (χ0v) is 8.69. The zero-order valence-electron chi connectivity index (χ0n) is 8.69. The van der Waals surface area contributed by atoms with E-state index in [0.717, 1.165) is 24.8 Å². The molecule has 76 valence electrons. The summed E-state index contributed by atoms with van der Waals surface area (Å²) in [6.07, 6.45) is 8.28. The topological polar surface area (TPSA) is 36.1 Å². The number of hydrogen-bond donors (Lipinski definition) is 0. The first-order chi connectivity index (χ1) is 7.38. The number of nitrogens with zero attached hydrogens (tertiary/aromatic N) is 2. The van der Waals surface area contributed by atoms with Crippen molar-refractivity contribution in [3.8, 4) is 6.07 Å². The van der Waals surface area contributed by atoms with E-state index in [-0.39, 0.29) is 0 Å². The van der Waals surface area contributed by atoms with Crippen molar-refractivity contribution in [2.24, 2.45) is 34.1 Å². The normalized spacial score (nSPS) is 53.9. The first-order valence-corrected chi connectivity index (χ1v) is 6.00. The molecule has 2 fully saturated rings. The van der Waals surface area contributed by atoms with E-state index >= 15 is 0 Å². The second kappa shape index (κ2) is 2.35. The third kappa shape index (κ3) is 0.727. The second-order valence-corrected chi connectivity index (χ2v) is 5.41. The van der Waals surface area contributed by atoms with E-state index in [9.17, 15) is 0 Å². The lowest BCUT2D eigenvalue weighted by Gasteiger charge is -2.16. The fourth-order valence-corrected chi connectivity index (χ4v) is 4.41. The fourth-order valence-electron chi connectivity index (χ4n) is 4.41. The summed E-state index contributed by atoms with van der Waals surface area (Å²) in [6.45, 7) is 1.04. The molecule has 0 unspecified atom stereocenters. The molecule has 5 atom stereocenters. The van der Waals surface area contributed by atoms with Crippen LogP contribution >= 0.6 is 0 Å². The van der Waals surface area contributed by atoms with Crippen molar-refractivity contribution in [2.75, 3.05) is 6.54 Å². The Kier molecular flexibility index (Phi) is 1.27. The van der Waals surface area contributed by atoms with Crippen LogP contribution in [0.5, 0.6) is 0 Å². The molecule has 15 heavy (non-hydrogen) atoms. The predicted octanol–water partition coefficient (Wildman–Crippen LogP) is 2.18. The fraction of sp³-hybridized carbons (Fsp3) is 0.692. The standard InChI is InChI=1S/C13H14N2/c14-7-8-6-10-12-9(8)3-4-13(10,12)11-2-1-5-15-11/h3-4,8-10,12H,1-2,5-6H2/t8-,9+,10-,12+,13-/m0/s1. The van der Waals surface area contributed by atoms with Gasteiger partial charge in [-0.2, -0.15) is 5.26 Å². The van der Waals surface area contributed by atoms with Crippen LogP contribution in [0.2, 0.25) is 0 Å². The molecule has 0 spiro atoms. The van der Waals surface area contributed by atoms with Crippen molar-refractivity contribution in [3.05, 3.63) is 12.2 Å². The molecule has 0 N–H and O–H groups in total. The van der Waals surface area contributed by atoms with Crippen LogP contribution in [-0.4, -0.2) is 12.3 Å². The Morgan fingerprint density at radius 3 is 3.13 bits per heavy atom. The van der Waals surface area contributed by atoms with Gasteiger partial charge in [-0.1, -0.05) is 12.2 Å². The number of allylic oxidation sites excluding steroid dienone is 2. The first kappa shape index (κ1) is 8.10. The number of fused-ring (bicyclic) bond motifs is 1. The minimum absolute atomic E-state index is 0.300. The highest BCUT2D eigenvalue weighted by atomic mass is 14.9. The lowest BCUT2D eigenvalue weighted by atomic mass is 9.86. The van der Waals surface area contributed by atoms with Crippen LogP contribution in [0.25, 0.3) is 0 Å². The molecule has 1 heterocycles. The third-order valence-electron chi connectivity index (χ3n) is 5.01. The summed E-state index contributed by atoms with van der Waals surface area (Å²) in [6, 6.07) is 2.47. The summed E-state index contributed by atoms with van der Waals surface area (Å²) in [5.41, 5.74) is 1.82. The highest BCUT2D eigenvalue weighted by Gasteiger charge is 2.74. The molecule has 0 aromatic carbocycles. The van der Waals surface area contributed by atoms with Crippen LogP contribution in [0.15, 0.2) is 17.1 Å². The number of nitriles is 1. The smallest absolute Gasteiger partial charge is 0.0662 e. The van der Waals surface area contributed by atoms with Crippen LogP contribution in [-0.2, 0) is 0 Å². The molecule has 0 saturated heterocycles. The molecule has 2 nitrogen and oxygen atoms in total.